The van der Waals surface area contributed by atoms with Gasteiger partial charge in [0.2, 0.25) is 0 Å². The van der Waals surface area contributed by atoms with E-state index in [1.54, 1.807) is 6.20 Å². The van der Waals surface area contributed by atoms with E-state index >= 15 is 0 Å². The lowest BCUT2D eigenvalue weighted by Crippen LogP contribution is -2.26. The molecule has 2 aromatic rings. The summed E-state index contributed by atoms with van der Waals surface area (Å²) in [5.41, 5.74) is 0. The molecule has 0 N–H and O–H groups in total. The van der Waals surface area contributed by atoms with Crippen LogP contribution in [0.25, 0.3) is 10.8 Å². The van der Waals surface area contributed by atoms with Crippen molar-refractivity contribution in [3.8, 4) is 0 Å². The summed E-state index contributed by atoms with van der Waals surface area (Å²) in [6, 6.07) is 8.13. The van der Waals surface area contributed by atoms with E-state index < -0.39 is 0 Å². The Bertz CT molecular complexity index is 467. The first kappa shape index (κ1) is 11.1. The fraction of sp³-hybridized carbons (Fsp3) is 0.333. The minimum Gasteiger partial charge on any atom is -0.354 e. The standard InChI is InChI=1S/C12H14ClN3/c1-2-16(8-7-13)12-11-6-4-3-5-10(11)9-14-15-12/h3-6,9H,2,7-8H2,1H3. The smallest absolute Gasteiger partial charge is 0.159 e. The van der Waals surface area contributed by atoms with Crippen molar-refractivity contribution < 1.29 is 0 Å². The Morgan fingerprint density at radius 2 is 2.12 bits per heavy atom. The minimum atomic E-state index is 0.596. The van der Waals surface area contributed by atoms with Crippen LogP contribution < -0.4 is 4.90 Å². The number of anilines is 1. The van der Waals surface area contributed by atoms with Crippen molar-refractivity contribution in [2.45, 2.75) is 6.92 Å². The third-order valence-corrected chi connectivity index (χ3v) is 2.76. The zero-order chi connectivity index (χ0) is 11.4. The van der Waals surface area contributed by atoms with Crippen molar-refractivity contribution in [3.05, 3.63) is 30.5 Å². The maximum Gasteiger partial charge on any atom is 0.159 e. The minimum absolute atomic E-state index is 0.596. The predicted molar refractivity (Wildman–Crippen MR) is 68.1 cm³/mol. The number of rotatable bonds is 4. The molecule has 0 atom stereocenters. The van der Waals surface area contributed by atoms with Gasteiger partial charge in [-0.05, 0) is 6.92 Å². The molecule has 0 aliphatic heterocycles. The van der Waals surface area contributed by atoms with Crippen LogP contribution in [0.5, 0.6) is 0 Å². The number of fused-ring (bicyclic) bond motifs is 1. The summed E-state index contributed by atoms with van der Waals surface area (Å²) in [6.07, 6.45) is 1.79. The van der Waals surface area contributed by atoms with Gasteiger partial charge in [-0.3, -0.25) is 0 Å². The van der Waals surface area contributed by atoms with Gasteiger partial charge in [0.15, 0.2) is 5.82 Å². The molecule has 1 heterocycles. The number of halogens is 1. The molecule has 0 aliphatic rings. The molecular formula is C12H14ClN3. The summed E-state index contributed by atoms with van der Waals surface area (Å²) >= 11 is 5.79. The lowest BCUT2D eigenvalue weighted by Gasteiger charge is -2.21. The molecule has 0 fully saturated rings. The number of nitrogens with zero attached hydrogens (tertiary/aromatic N) is 3. The summed E-state index contributed by atoms with van der Waals surface area (Å²) in [5.74, 6) is 1.51. The van der Waals surface area contributed by atoms with Crippen LogP contribution in [0.15, 0.2) is 30.5 Å². The molecule has 3 nitrogen and oxygen atoms in total. The van der Waals surface area contributed by atoms with E-state index in [1.165, 1.54) is 0 Å². The fourth-order valence-corrected chi connectivity index (χ4v) is 1.97. The van der Waals surface area contributed by atoms with Gasteiger partial charge in [0.1, 0.15) is 0 Å². The van der Waals surface area contributed by atoms with E-state index in [2.05, 4.69) is 28.1 Å². The zero-order valence-electron chi connectivity index (χ0n) is 9.23. The van der Waals surface area contributed by atoms with Crippen molar-refractivity contribution in [2.24, 2.45) is 0 Å². The van der Waals surface area contributed by atoms with E-state index in [1.807, 2.05) is 18.2 Å². The maximum atomic E-state index is 5.79. The molecule has 1 aromatic carbocycles. The Kier molecular flexibility index (Phi) is 3.57. The largest absolute Gasteiger partial charge is 0.354 e. The predicted octanol–water partition coefficient (Wildman–Crippen LogP) is 2.69. The van der Waals surface area contributed by atoms with Gasteiger partial charge in [-0.25, -0.2) is 0 Å². The molecule has 0 aliphatic carbocycles. The quantitative estimate of drug-likeness (QED) is 0.763. The average molecular weight is 236 g/mol. The molecule has 0 unspecified atom stereocenters. The second-order valence-corrected chi connectivity index (χ2v) is 3.90. The highest BCUT2D eigenvalue weighted by atomic mass is 35.5. The maximum absolute atomic E-state index is 5.79. The molecule has 0 amide bonds. The van der Waals surface area contributed by atoms with Crippen LogP contribution in [0.3, 0.4) is 0 Å². The summed E-state index contributed by atoms with van der Waals surface area (Å²) < 4.78 is 0. The van der Waals surface area contributed by atoms with Gasteiger partial charge >= 0.3 is 0 Å². The van der Waals surface area contributed by atoms with Gasteiger partial charge in [0.25, 0.3) is 0 Å². The van der Waals surface area contributed by atoms with Gasteiger partial charge in [0, 0.05) is 29.7 Å². The molecule has 0 bridgehead atoms. The van der Waals surface area contributed by atoms with Crippen LogP contribution in [0.2, 0.25) is 0 Å². The van der Waals surface area contributed by atoms with Crippen LogP contribution in [0.4, 0.5) is 5.82 Å². The molecular weight excluding hydrogens is 222 g/mol. The molecule has 16 heavy (non-hydrogen) atoms. The van der Waals surface area contributed by atoms with Crippen LogP contribution in [0, 0.1) is 0 Å². The Morgan fingerprint density at radius 3 is 2.88 bits per heavy atom. The highest BCUT2D eigenvalue weighted by Crippen LogP contribution is 2.22. The van der Waals surface area contributed by atoms with E-state index in [-0.39, 0.29) is 0 Å². The summed E-state index contributed by atoms with van der Waals surface area (Å²) in [7, 11) is 0. The van der Waals surface area contributed by atoms with Crippen molar-refractivity contribution >= 4 is 28.2 Å². The monoisotopic (exact) mass is 235 g/mol. The molecule has 0 saturated heterocycles. The zero-order valence-corrected chi connectivity index (χ0v) is 9.98. The van der Waals surface area contributed by atoms with Gasteiger partial charge in [-0.15, -0.1) is 16.7 Å². The topological polar surface area (TPSA) is 29.0 Å². The van der Waals surface area contributed by atoms with Crippen LogP contribution in [-0.4, -0.2) is 29.2 Å². The SMILES string of the molecule is CCN(CCCl)c1nncc2ccccc12. The number of alkyl halides is 1. The van der Waals surface area contributed by atoms with Crippen molar-refractivity contribution in [3.63, 3.8) is 0 Å². The van der Waals surface area contributed by atoms with Crippen molar-refractivity contribution in [1.29, 1.82) is 0 Å². The first-order valence-electron chi connectivity index (χ1n) is 5.38. The third-order valence-electron chi connectivity index (χ3n) is 2.59. The van der Waals surface area contributed by atoms with E-state index in [9.17, 15) is 0 Å². The van der Waals surface area contributed by atoms with Crippen molar-refractivity contribution in [2.75, 3.05) is 23.9 Å². The number of hydrogen-bond acceptors (Lipinski definition) is 3. The summed E-state index contributed by atoms with van der Waals surface area (Å²) in [6.45, 7) is 3.77. The second-order valence-electron chi connectivity index (χ2n) is 3.52. The highest BCUT2D eigenvalue weighted by molar-refractivity contribution is 6.18. The number of hydrogen-bond donors (Lipinski definition) is 0. The third kappa shape index (κ3) is 2.09. The van der Waals surface area contributed by atoms with Crippen LogP contribution in [0.1, 0.15) is 6.92 Å². The lowest BCUT2D eigenvalue weighted by atomic mass is 10.2. The van der Waals surface area contributed by atoms with Crippen LogP contribution >= 0.6 is 11.6 Å². The summed E-state index contributed by atoms with van der Waals surface area (Å²) in [5, 5.41) is 10.5. The van der Waals surface area contributed by atoms with Gasteiger partial charge in [0.05, 0.1) is 6.20 Å². The molecule has 0 saturated carbocycles. The Balaban J connectivity index is 2.50. The fourth-order valence-electron chi connectivity index (χ4n) is 1.76. The van der Waals surface area contributed by atoms with Crippen LogP contribution in [-0.2, 0) is 0 Å². The molecule has 84 valence electrons. The Hall–Kier alpha value is -1.35. The van der Waals surface area contributed by atoms with Crippen molar-refractivity contribution in [1.82, 2.24) is 10.2 Å². The molecule has 0 spiro atoms. The second kappa shape index (κ2) is 5.12. The molecule has 1 aromatic heterocycles. The van der Waals surface area contributed by atoms with E-state index in [4.69, 9.17) is 11.6 Å². The summed E-state index contributed by atoms with van der Waals surface area (Å²) in [4.78, 5) is 2.14. The van der Waals surface area contributed by atoms with E-state index in [0.717, 1.165) is 29.7 Å². The van der Waals surface area contributed by atoms with Gasteiger partial charge in [-0.2, -0.15) is 5.10 Å². The molecule has 2 rings (SSSR count). The lowest BCUT2D eigenvalue weighted by molar-refractivity contribution is 0.835. The first-order valence-corrected chi connectivity index (χ1v) is 5.91. The number of benzene rings is 1. The Morgan fingerprint density at radius 1 is 1.31 bits per heavy atom. The van der Waals surface area contributed by atoms with Gasteiger partial charge < -0.3 is 4.90 Å². The van der Waals surface area contributed by atoms with Gasteiger partial charge in [-0.1, -0.05) is 24.3 Å². The Labute approximate surface area is 100 Å². The normalized spacial score (nSPS) is 10.6. The molecule has 0 radical (unpaired) electrons. The highest BCUT2D eigenvalue weighted by Gasteiger charge is 2.09. The van der Waals surface area contributed by atoms with E-state index in [0.29, 0.717) is 5.88 Å². The molecule has 4 heteroatoms. The number of aromatic nitrogens is 2. The first-order chi connectivity index (χ1) is 7.86. The average Bonchev–Trinajstić information content (AvgIpc) is 2.35.